The second kappa shape index (κ2) is 3.92. The first-order valence-electron chi connectivity index (χ1n) is 5.28. The van der Waals surface area contributed by atoms with Crippen LogP contribution in [-0.4, -0.2) is 25.4 Å². The molecule has 0 unspecified atom stereocenters. The van der Waals surface area contributed by atoms with E-state index in [1.54, 1.807) is 21.9 Å². The van der Waals surface area contributed by atoms with Crippen molar-refractivity contribution in [3.8, 4) is 10.6 Å². The van der Waals surface area contributed by atoms with Gasteiger partial charge in [0.05, 0.1) is 10.6 Å². The van der Waals surface area contributed by atoms with E-state index in [1.807, 2.05) is 24.4 Å². The Bertz CT molecular complexity index is 745. The quantitative estimate of drug-likeness (QED) is 0.767. The van der Waals surface area contributed by atoms with Gasteiger partial charge in [0.1, 0.15) is 0 Å². The van der Waals surface area contributed by atoms with Gasteiger partial charge in [-0.3, -0.25) is 4.40 Å². The fraction of sp³-hybridized carbons (Fsp3) is 0.0833. The smallest absolute Gasteiger partial charge is 0.356 e. The summed E-state index contributed by atoms with van der Waals surface area (Å²) in [4.78, 5) is 20.1. The molecule has 0 aliphatic carbocycles. The first-order valence-corrected chi connectivity index (χ1v) is 6.16. The lowest BCUT2D eigenvalue weighted by Crippen LogP contribution is -1.95. The van der Waals surface area contributed by atoms with Gasteiger partial charge in [-0.25, -0.2) is 14.8 Å². The maximum atomic E-state index is 10.9. The number of aryl methyl sites for hydroxylation is 1. The number of fused-ring (bicyclic) bond motifs is 1. The molecule has 5 nitrogen and oxygen atoms in total. The van der Waals surface area contributed by atoms with Crippen molar-refractivity contribution in [3.63, 3.8) is 0 Å². The number of aromatic nitrogens is 3. The van der Waals surface area contributed by atoms with Gasteiger partial charge in [-0.05, 0) is 30.0 Å². The molecule has 90 valence electrons. The summed E-state index contributed by atoms with van der Waals surface area (Å²) in [6.07, 6.45) is 3.14. The van der Waals surface area contributed by atoms with Crippen LogP contribution in [-0.2, 0) is 0 Å². The van der Waals surface area contributed by atoms with Crippen LogP contribution in [0.2, 0.25) is 0 Å². The SMILES string of the molecule is Cc1ccsc1-c1ccnc2nc(C(=O)O)cn12. The van der Waals surface area contributed by atoms with E-state index in [0.29, 0.717) is 5.78 Å². The number of nitrogens with zero attached hydrogens (tertiary/aromatic N) is 3. The highest BCUT2D eigenvalue weighted by Crippen LogP contribution is 2.29. The lowest BCUT2D eigenvalue weighted by atomic mass is 10.2. The van der Waals surface area contributed by atoms with Gasteiger partial charge in [0.25, 0.3) is 0 Å². The number of rotatable bonds is 2. The third kappa shape index (κ3) is 1.58. The van der Waals surface area contributed by atoms with E-state index in [2.05, 4.69) is 9.97 Å². The Hall–Kier alpha value is -2.21. The van der Waals surface area contributed by atoms with Crippen LogP contribution >= 0.6 is 11.3 Å². The predicted molar refractivity (Wildman–Crippen MR) is 68.0 cm³/mol. The number of hydrogen-bond donors (Lipinski definition) is 1. The lowest BCUT2D eigenvalue weighted by molar-refractivity contribution is 0.0691. The van der Waals surface area contributed by atoms with Gasteiger partial charge in [0, 0.05) is 12.4 Å². The second-order valence-electron chi connectivity index (χ2n) is 3.86. The van der Waals surface area contributed by atoms with Gasteiger partial charge in [-0.1, -0.05) is 0 Å². The maximum Gasteiger partial charge on any atom is 0.356 e. The van der Waals surface area contributed by atoms with E-state index in [9.17, 15) is 4.79 Å². The normalized spacial score (nSPS) is 10.9. The largest absolute Gasteiger partial charge is 0.476 e. The van der Waals surface area contributed by atoms with E-state index >= 15 is 0 Å². The van der Waals surface area contributed by atoms with Crippen LogP contribution in [0, 0.1) is 6.92 Å². The summed E-state index contributed by atoms with van der Waals surface area (Å²) in [5.74, 6) is -0.646. The Labute approximate surface area is 106 Å². The van der Waals surface area contributed by atoms with Gasteiger partial charge in [-0.2, -0.15) is 0 Å². The standard InChI is InChI=1S/C12H9N3O2S/c1-7-3-5-18-10(7)9-2-4-13-12-14-8(11(16)17)6-15(9)12/h2-6H,1H3,(H,16,17). The predicted octanol–water partition coefficient (Wildman–Crippen LogP) is 2.46. The molecule has 3 rings (SSSR count). The number of carbonyl (C=O) groups is 1. The van der Waals surface area contributed by atoms with E-state index in [4.69, 9.17) is 5.11 Å². The summed E-state index contributed by atoms with van der Waals surface area (Å²) < 4.78 is 1.71. The zero-order valence-electron chi connectivity index (χ0n) is 9.49. The van der Waals surface area contributed by atoms with Crippen molar-refractivity contribution >= 4 is 23.1 Å². The van der Waals surface area contributed by atoms with Crippen molar-refractivity contribution in [1.29, 1.82) is 0 Å². The molecule has 0 aromatic carbocycles. The first-order chi connectivity index (χ1) is 8.66. The van der Waals surface area contributed by atoms with Crippen molar-refractivity contribution in [1.82, 2.24) is 14.4 Å². The van der Waals surface area contributed by atoms with Crippen molar-refractivity contribution in [2.24, 2.45) is 0 Å². The molecule has 1 N–H and O–H groups in total. The van der Waals surface area contributed by atoms with Gasteiger partial charge >= 0.3 is 5.97 Å². The Morgan fingerprint density at radius 2 is 2.28 bits per heavy atom. The summed E-state index contributed by atoms with van der Waals surface area (Å²) in [5.41, 5.74) is 2.06. The molecule has 0 bridgehead atoms. The zero-order chi connectivity index (χ0) is 12.7. The Morgan fingerprint density at radius 3 is 2.94 bits per heavy atom. The van der Waals surface area contributed by atoms with Crippen LogP contribution in [0.3, 0.4) is 0 Å². The van der Waals surface area contributed by atoms with Crippen molar-refractivity contribution < 1.29 is 9.90 Å². The highest BCUT2D eigenvalue weighted by Gasteiger charge is 2.13. The van der Waals surface area contributed by atoms with E-state index in [1.165, 1.54) is 6.20 Å². The van der Waals surface area contributed by atoms with Crippen LogP contribution in [0.1, 0.15) is 16.1 Å². The molecule has 3 heterocycles. The fourth-order valence-electron chi connectivity index (χ4n) is 1.82. The fourth-order valence-corrected chi connectivity index (χ4v) is 2.77. The molecule has 6 heteroatoms. The minimum Gasteiger partial charge on any atom is -0.476 e. The summed E-state index contributed by atoms with van der Waals surface area (Å²) in [6.45, 7) is 2.02. The molecule has 3 aromatic rings. The third-order valence-corrected chi connectivity index (χ3v) is 3.72. The molecular formula is C12H9N3O2S. The molecule has 3 aromatic heterocycles. The van der Waals surface area contributed by atoms with Gasteiger partial charge in [0.15, 0.2) is 5.69 Å². The Kier molecular flexibility index (Phi) is 2.38. The number of imidazole rings is 1. The van der Waals surface area contributed by atoms with Gasteiger partial charge < -0.3 is 5.11 Å². The molecule has 18 heavy (non-hydrogen) atoms. The van der Waals surface area contributed by atoms with Crippen LogP contribution in [0.4, 0.5) is 0 Å². The minimum atomic E-state index is -1.05. The van der Waals surface area contributed by atoms with Gasteiger partial charge in [0.2, 0.25) is 5.78 Å². The molecule has 0 aliphatic rings. The topological polar surface area (TPSA) is 67.5 Å². The minimum absolute atomic E-state index is 0.00385. The van der Waals surface area contributed by atoms with Crippen LogP contribution in [0.15, 0.2) is 29.9 Å². The average Bonchev–Trinajstić information content (AvgIpc) is 2.94. The average molecular weight is 259 g/mol. The maximum absolute atomic E-state index is 10.9. The van der Waals surface area contributed by atoms with Crippen molar-refractivity contribution in [3.05, 3.63) is 41.2 Å². The highest BCUT2D eigenvalue weighted by molar-refractivity contribution is 7.13. The van der Waals surface area contributed by atoms with Crippen LogP contribution < -0.4 is 0 Å². The molecule has 0 fully saturated rings. The molecule has 0 amide bonds. The number of aromatic carboxylic acids is 1. The second-order valence-corrected chi connectivity index (χ2v) is 4.78. The summed E-state index contributed by atoms with van der Waals surface area (Å²) in [5, 5.41) is 11.0. The Morgan fingerprint density at radius 1 is 1.44 bits per heavy atom. The highest BCUT2D eigenvalue weighted by atomic mass is 32.1. The molecule has 0 spiro atoms. The summed E-state index contributed by atoms with van der Waals surface area (Å²) in [6, 6.07) is 3.89. The first kappa shape index (κ1) is 10.9. The molecule has 0 saturated heterocycles. The lowest BCUT2D eigenvalue weighted by Gasteiger charge is -2.03. The van der Waals surface area contributed by atoms with Gasteiger partial charge in [-0.15, -0.1) is 11.3 Å². The Balaban J connectivity index is 2.30. The molecular weight excluding hydrogens is 250 g/mol. The van der Waals surface area contributed by atoms with E-state index in [-0.39, 0.29) is 5.69 Å². The number of hydrogen-bond acceptors (Lipinski definition) is 4. The van der Waals surface area contributed by atoms with Crippen LogP contribution in [0.25, 0.3) is 16.3 Å². The molecule has 0 atom stereocenters. The molecule has 0 saturated carbocycles. The number of carboxylic acids is 1. The van der Waals surface area contributed by atoms with E-state index < -0.39 is 5.97 Å². The number of carboxylic acid groups (broad SMARTS) is 1. The third-order valence-electron chi connectivity index (χ3n) is 2.68. The van der Waals surface area contributed by atoms with Crippen molar-refractivity contribution in [2.45, 2.75) is 6.92 Å². The number of thiophene rings is 1. The zero-order valence-corrected chi connectivity index (χ0v) is 10.3. The monoisotopic (exact) mass is 259 g/mol. The molecule has 0 aliphatic heterocycles. The molecule has 0 radical (unpaired) electrons. The summed E-state index contributed by atoms with van der Waals surface area (Å²) in [7, 11) is 0. The van der Waals surface area contributed by atoms with E-state index in [0.717, 1.165) is 16.1 Å². The van der Waals surface area contributed by atoms with Crippen molar-refractivity contribution in [2.75, 3.05) is 0 Å². The summed E-state index contributed by atoms with van der Waals surface area (Å²) >= 11 is 1.61. The van der Waals surface area contributed by atoms with Crippen LogP contribution in [0.5, 0.6) is 0 Å².